The molecule has 0 bridgehead atoms. The van der Waals surface area contributed by atoms with Gasteiger partial charge in [0.2, 0.25) is 17.7 Å². The summed E-state index contributed by atoms with van der Waals surface area (Å²) >= 11 is 0. The van der Waals surface area contributed by atoms with E-state index in [0.717, 1.165) is 127 Å². The number of unbranched alkanes of at least 4 members (excludes halogenated alkanes) is 7. The van der Waals surface area contributed by atoms with Crippen LogP contribution in [0.25, 0.3) is 0 Å². The number of aryl methyl sites for hydroxylation is 3. The van der Waals surface area contributed by atoms with E-state index in [4.69, 9.17) is 37.9 Å². The van der Waals surface area contributed by atoms with Crippen LogP contribution in [-0.2, 0) is 76.3 Å². The topological polar surface area (TPSA) is 334 Å². The molecular weight excluding hydrogens is 1540 g/mol. The third-order valence-corrected chi connectivity index (χ3v) is 22.5. The first-order valence-electron chi connectivity index (χ1n) is 45.0. The number of benzene rings is 3. The van der Waals surface area contributed by atoms with Crippen LogP contribution in [0.2, 0.25) is 0 Å². The Kier molecular flexibility index (Phi) is 57.3. The van der Waals surface area contributed by atoms with Crippen molar-refractivity contribution in [2.45, 2.75) is 301 Å². The Labute approximate surface area is 723 Å². The summed E-state index contributed by atoms with van der Waals surface area (Å²) in [7, 11) is 5.05. The van der Waals surface area contributed by atoms with Crippen LogP contribution in [0.4, 0.5) is 9.59 Å². The second-order valence-corrected chi connectivity index (χ2v) is 32.1. The average Bonchev–Trinajstić information content (AvgIpc) is 1.70. The molecule has 3 aliphatic rings. The molecule has 23 heteroatoms. The van der Waals surface area contributed by atoms with E-state index in [1.165, 1.54) is 5.56 Å². The van der Waals surface area contributed by atoms with Crippen LogP contribution in [0.3, 0.4) is 0 Å². The van der Waals surface area contributed by atoms with Crippen LogP contribution in [0, 0.1) is 35.5 Å². The smallest absolute Gasteiger partial charge is 0.458 e. The van der Waals surface area contributed by atoms with Crippen LogP contribution in [0.5, 0.6) is 0 Å². The van der Waals surface area contributed by atoms with Crippen LogP contribution in [-0.4, -0.2) is 195 Å². The van der Waals surface area contributed by atoms with E-state index in [2.05, 4.69) is 34.2 Å². The summed E-state index contributed by atoms with van der Waals surface area (Å²) in [6.07, 6.45) is 38.3. The van der Waals surface area contributed by atoms with Gasteiger partial charge in [-0.1, -0.05) is 152 Å². The van der Waals surface area contributed by atoms with Crippen LogP contribution < -0.4 is 16.0 Å². The summed E-state index contributed by atoms with van der Waals surface area (Å²) in [4.78, 5) is 72.3. The Morgan fingerprint density at radius 3 is 1.02 bits per heavy atom. The van der Waals surface area contributed by atoms with E-state index in [-0.39, 0.29) is 84.6 Å². The number of carbonyl (C=O) groups excluding carboxylic acids is 6. The third kappa shape index (κ3) is 47.6. The molecule has 3 aromatic rings. The number of nitrogens with one attached hydrogen (secondary N) is 3. The Balaban J connectivity index is 0.000000381. The van der Waals surface area contributed by atoms with Gasteiger partial charge in [-0.15, -0.1) is 0 Å². The fourth-order valence-electron chi connectivity index (χ4n) is 15.3. The van der Waals surface area contributed by atoms with Crippen LogP contribution in [0.1, 0.15) is 231 Å². The highest BCUT2D eigenvalue weighted by molar-refractivity contribution is 5.76. The lowest BCUT2D eigenvalue weighted by Gasteiger charge is -2.21. The normalized spacial score (nSPS) is 22.1. The summed E-state index contributed by atoms with van der Waals surface area (Å²) in [6.45, 7) is 12.9. The number of aliphatic hydroxyl groups excluding tert-OH is 6. The van der Waals surface area contributed by atoms with Crippen LogP contribution in [0.15, 0.2) is 164 Å². The molecule has 678 valence electrons. The van der Waals surface area contributed by atoms with Gasteiger partial charge in [0, 0.05) is 110 Å². The van der Waals surface area contributed by atoms with Crippen molar-refractivity contribution >= 4 is 36.0 Å². The van der Waals surface area contributed by atoms with Gasteiger partial charge in [0.05, 0.1) is 62.0 Å². The number of rotatable bonds is 57. The third-order valence-electron chi connectivity index (χ3n) is 22.5. The molecule has 121 heavy (non-hydrogen) atoms. The van der Waals surface area contributed by atoms with E-state index < -0.39 is 67.2 Å². The fourth-order valence-corrected chi connectivity index (χ4v) is 15.3. The molecule has 3 saturated carbocycles. The quantitative estimate of drug-likeness (QED) is 0.0110. The van der Waals surface area contributed by atoms with Gasteiger partial charge in [0.15, 0.2) is 0 Å². The van der Waals surface area contributed by atoms with Crippen molar-refractivity contribution < 1.29 is 97.3 Å². The molecule has 0 aliphatic heterocycles. The molecule has 0 saturated heterocycles. The van der Waals surface area contributed by atoms with E-state index in [1.807, 2.05) is 180 Å². The van der Waals surface area contributed by atoms with Gasteiger partial charge in [0.25, 0.3) is 0 Å². The maximum absolute atomic E-state index is 12.6. The van der Waals surface area contributed by atoms with E-state index in [9.17, 15) is 59.4 Å². The lowest BCUT2D eigenvalue weighted by Crippen LogP contribution is -2.22. The van der Waals surface area contributed by atoms with Crippen molar-refractivity contribution in [3.05, 3.63) is 181 Å². The number of carbonyl (C=O) groups is 6. The first-order valence-corrected chi connectivity index (χ1v) is 45.0. The van der Waals surface area contributed by atoms with Crippen molar-refractivity contribution in [2.75, 3.05) is 60.8 Å². The molecule has 0 aromatic heterocycles. The molecular formula is C98H151N3O20. The SMILES string of the molecule is CCNC(=O)CCC/C=C\C[C@@H]1[C@@H](/C=C/[C@H](CCc2ccccc2)OC(=O)CCCCCOC)[C@H](O)C[C@@H]1O.CCNC(=O)CCC/C=C\C[C@@H]1[C@@H](/C=C/[C@H](CCc2ccccc2)OC(=O)OCCCC[C@@H](C)OC)[C@H](O)C[C@@H]1O.CCNC(=O)CCC/C=C\C[C@@H]1[C@@H](/C=C/[C@H](CCc2ccccc2)OC(=O)OCCCC[C@H](C)OC)[C@H](O)C[C@@H]1O. The van der Waals surface area contributed by atoms with Crippen molar-refractivity contribution in [2.24, 2.45) is 35.5 Å². The van der Waals surface area contributed by atoms with Gasteiger partial charge < -0.3 is 84.5 Å². The van der Waals surface area contributed by atoms with Crippen molar-refractivity contribution in [1.29, 1.82) is 0 Å². The number of esters is 1. The fraction of sp³-hybridized carbons (Fsp3) is 0.633. The molecule has 0 radical (unpaired) electrons. The predicted octanol–water partition coefficient (Wildman–Crippen LogP) is 15.9. The minimum atomic E-state index is -0.702. The lowest BCUT2D eigenvalue weighted by atomic mass is 9.89. The average molecular weight is 1690 g/mol. The summed E-state index contributed by atoms with van der Waals surface area (Å²) < 4.78 is 43.4. The number of allylic oxidation sites excluding steroid dienone is 6. The summed E-state index contributed by atoms with van der Waals surface area (Å²) in [5, 5.41) is 72.3. The number of hydrogen-bond donors (Lipinski definition) is 9. The highest BCUT2D eigenvalue weighted by atomic mass is 16.7. The monoisotopic (exact) mass is 1690 g/mol. The molecule has 0 spiro atoms. The molecule has 0 heterocycles. The zero-order valence-corrected chi connectivity index (χ0v) is 74.0. The van der Waals surface area contributed by atoms with E-state index in [1.54, 1.807) is 21.3 Å². The minimum absolute atomic E-state index is 0.0602. The minimum Gasteiger partial charge on any atom is -0.458 e. The molecule has 3 amide bonds. The van der Waals surface area contributed by atoms with Gasteiger partial charge in [-0.2, -0.15) is 0 Å². The summed E-state index contributed by atoms with van der Waals surface area (Å²) in [5.41, 5.74) is 3.46. The van der Waals surface area contributed by atoms with Crippen LogP contribution >= 0.6 is 0 Å². The van der Waals surface area contributed by atoms with Gasteiger partial charge in [0.1, 0.15) is 18.3 Å². The maximum Gasteiger partial charge on any atom is 0.508 e. The van der Waals surface area contributed by atoms with E-state index >= 15 is 0 Å². The Bertz CT molecular complexity index is 3260. The van der Waals surface area contributed by atoms with Gasteiger partial charge in [-0.25, -0.2) is 9.59 Å². The molecule has 3 aliphatic carbocycles. The number of hydrogen-bond acceptors (Lipinski definition) is 20. The van der Waals surface area contributed by atoms with Crippen molar-refractivity contribution in [1.82, 2.24) is 16.0 Å². The molecule has 3 aromatic carbocycles. The number of ether oxygens (including phenoxy) is 8. The second kappa shape index (κ2) is 65.8. The zero-order valence-electron chi connectivity index (χ0n) is 74.0. The highest BCUT2D eigenvalue weighted by Crippen LogP contribution is 2.39. The summed E-state index contributed by atoms with van der Waals surface area (Å²) in [6, 6.07) is 30.1. The lowest BCUT2D eigenvalue weighted by molar-refractivity contribution is -0.147. The zero-order chi connectivity index (χ0) is 88.0. The molecule has 17 atom stereocenters. The molecule has 3 fully saturated rings. The van der Waals surface area contributed by atoms with E-state index in [0.29, 0.717) is 110 Å². The highest BCUT2D eigenvalue weighted by Gasteiger charge is 2.42. The Morgan fingerprint density at radius 2 is 0.702 bits per heavy atom. The van der Waals surface area contributed by atoms with Gasteiger partial charge in [-0.3, -0.25) is 19.2 Å². The van der Waals surface area contributed by atoms with Crippen molar-refractivity contribution in [3.63, 3.8) is 0 Å². The number of methoxy groups -OCH3 is 3. The standard InChI is InChI=1S/2C33H51NO7.C32H49NO6/c2*1-4-34-32(37)18-11-6-5-10-17-28-29(31(36)24-30(28)35)22-21-27(20-19-26-15-8-7-9-16-26)41-33(38)40-23-13-12-14-25(2)39-3;1-3-33-31(36)17-11-5-4-10-16-27-28(30(35)24-29(27)34)22-21-26(20-19-25-14-8-6-9-15-25)39-32(37)18-12-7-13-23-38-2/h2*5,7-10,15-16,21-22,25,27-31,35-36H,4,6,11-14,17-20,23-24H2,1-3H3,(H,34,37);4,6,8-10,14-15,21-22,26-30,34-35H,3,5,7,11-13,16-20,23-24H2,1-2H3,(H,33,36)/b2*10-5-,22-21+;10-4-,22-21+/t25-,27+,28-,29-,30+,31-;25-,27-,28+,29+,30-,31+;26-,27+,28+,29-,30+/m100/s1. The molecule has 6 rings (SSSR count). The Morgan fingerprint density at radius 1 is 0.380 bits per heavy atom. The predicted molar refractivity (Wildman–Crippen MR) is 475 cm³/mol. The largest absolute Gasteiger partial charge is 0.508 e. The molecule has 0 unspecified atom stereocenters. The summed E-state index contributed by atoms with van der Waals surface area (Å²) in [5.74, 6) is -1.15. The second-order valence-electron chi connectivity index (χ2n) is 32.1. The number of amides is 3. The first kappa shape index (κ1) is 106. The van der Waals surface area contributed by atoms with Gasteiger partial charge in [-0.05, 0) is 235 Å². The number of aliphatic hydroxyl groups is 6. The Hall–Kier alpha value is -7.84. The maximum atomic E-state index is 12.6. The first-order chi connectivity index (χ1) is 58.6. The van der Waals surface area contributed by atoms with Gasteiger partial charge >= 0.3 is 18.3 Å². The molecule has 9 N–H and O–H groups in total. The molecule has 23 nitrogen and oxygen atoms in total. The van der Waals surface area contributed by atoms with Crippen molar-refractivity contribution in [3.8, 4) is 0 Å².